The lowest BCUT2D eigenvalue weighted by Gasteiger charge is -1.93. The van der Waals surface area contributed by atoms with Gasteiger partial charge in [-0.05, 0) is 12.2 Å². The van der Waals surface area contributed by atoms with E-state index in [9.17, 15) is 0 Å². The number of allylic oxidation sites excluding steroid dienone is 3. The Kier molecular flexibility index (Phi) is 1.63. The van der Waals surface area contributed by atoms with Crippen LogP contribution in [0, 0.1) is 0 Å². The second kappa shape index (κ2) is 2.64. The highest BCUT2D eigenvalue weighted by Crippen LogP contribution is 2.29. The first-order chi connectivity index (χ1) is 5.36. The van der Waals surface area contributed by atoms with Crippen molar-refractivity contribution in [3.8, 4) is 0 Å². The van der Waals surface area contributed by atoms with E-state index in [0.29, 0.717) is 0 Å². The van der Waals surface area contributed by atoms with Gasteiger partial charge in [-0.3, -0.25) is 9.98 Å². The van der Waals surface area contributed by atoms with Crippen LogP contribution in [0.15, 0.2) is 33.2 Å². The summed E-state index contributed by atoms with van der Waals surface area (Å²) < 4.78 is 0. The average molecular weight is 165 g/mol. The Morgan fingerprint density at radius 2 is 2.45 bits per heavy atom. The molecule has 0 aromatic rings. The Balaban J connectivity index is 2.39. The third-order valence-electron chi connectivity index (χ3n) is 1.40. The van der Waals surface area contributed by atoms with Crippen LogP contribution in [0.5, 0.6) is 0 Å². The van der Waals surface area contributed by atoms with E-state index in [1.807, 2.05) is 12.2 Å². The van der Waals surface area contributed by atoms with Crippen LogP contribution in [-0.2, 0) is 0 Å². The maximum absolute atomic E-state index is 5.60. The third-order valence-corrected chi connectivity index (χ3v) is 2.34. The molecule has 0 amide bonds. The van der Waals surface area contributed by atoms with Crippen molar-refractivity contribution < 1.29 is 0 Å². The largest absolute Gasteiger partial charge is 0.301 e. The zero-order chi connectivity index (χ0) is 7.68. The number of nitrogens with zero attached hydrogens (tertiary/aromatic N) is 2. The van der Waals surface area contributed by atoms with Crippen LogP contribution in [0.1, 0.15) is 0 Å². The minimum Gasteiger partial charge on any atom is -0.301 e. The second-order valence-corrected chi connectivity index (χ2v) is 3.33. The topological polar surface area (TPSA) is 50.7 Å². The molecule has 2 N–H and O–H groups in total. The lowest BCUT2D eigenvalue weighted by atomic mass is 10.3. The summed E-state index contributed by atoms with van der Waals surface area (Å²) in [5, 5.41) is 0. The van der Waals surface area contributed by atoms with E-state index < -0.39 is 0 Å². The zero-order valence-electron chi connectivity index (χ0n) is 5.77. The van der Waals surface area contributed by atoms with E-state index in [1.165, 1.54) is 0 Å². The van der Waals surface area contributed by atoms with Gasteiger partial charge >= 0.3 is 0 Å². The number of aliphatic imine (C=N–C) groups is 2. The molecule has 3 nitrogen and oxygen atoms in total. The number of rotatable bonds is 0. The number of hydrogen-bond donors (Lipinski definition) is 1. The molecule has 2 aliphatic heterocycles. The van der Waals surface area contributed by atoms with E-state index in [4.69, 9.17) is 5.73 Å². The molecule has 4 heteroatoms. The van der Waals surface area contributed by atoms with Crippen molar-refractivity contribution in [2.45, 2.75) is 5.50 Å². The summed E-state index contributed by atoms with van der Waals surface area (Å²) in [6.07, 6.45) is 7.27. The van der Waals surface area contributed by atoms with E-state index >= 15 is 0 Å². The first-order valence-electron chi connectivity index (χ1n) is 3.27. The van der Waals surface area contributed by atoms with E-state index in [0.717, 1.165) is 10.6 Å². The van der Waals surface area contributed by atoms with Crippen molar-refractivity contribution in [3.63, 3.8) is 0 Å². The molecule has 1 unspecified atom stereocenters. The molecule has 2 rings (SSSR count). The summed E-state index contributed by atoms with van der Waals surface area (Å²) >= 11 is 1.56. The lowest BCUT2D eigenvalue weighted by molar-refractivity contribution is 1.01. The smallest absolute Gasteiger partial charge is 0.149 e. The molecule has 0 aliphatic carbocycles. The van der Waals surface area contributed by atoms with Gasteiger partial charge in [-0.1, -0.05) is 11.8 Å². The van der Waals surface area contributed by atoms with Gasteiger partial charge in [-0.2, -0.15) is 0 Å². The highest BCUT2D eigenvalue weighted by atomic mass is 32.2. The molecular weight excluding hydrogens is 158 g/mol. The van der Waals surface area contributed by atoms with Gasteiger partial charge in [0, 0.05) is 17.3 Å². The van der Waals surface area contributed by atoms with Crippen molar-refractivity contribution in [2.75, 3.05) is 0 Å². The third kappa shape index (κ3) is 1.27. The summed E-state index contributed by atoms with van der Waals surface area (Å²) in [5.41, 5.74) is 6.41. The van der Waals surface area contributed by atoms with Crippen molar-refractivity contribution in [1.82, 2.24) is 0 Å². The molecule has 11 heavy (non-hydrogen) atoms. The quantitative estimate of drug-likeness (QED) is 0.579. The summed E-state index contributed by atoms with van der Waals surface area (Å²) in [4.78, 5) is 9.26. The van der Waals surface area contributed by atoms with Gasteiger partial charge in [-0.25, -0.2) is 0 Å². The predicted molar refractivity (Wildman–Crippen MR) is 48.7 cm³/mol. The van der Waals surface area contributed by atoms with Gasteiger partial charge < -0.3 is 5.73 Å². The van der Waals surface area contributed by atoms with Crippen LogP contribution in [0.2, 0.25) is 0 Å². The second-order valence-electron chi connectivity index (χ2n) is 2.17. The molecule has 0 radical (unpaired) electrons. The van der Waals surface area contributed by atoms with Gasteiger partial charge in [0.2, 0.25) is 0 Å². The molecule has 2 heterocycles. The zero-order valence-corrected chi connectivity index (χ0v) is 6.58. The summed E-state index contributed by atoms with van der Waals surface area (Å²) in [7, 11) is 0. The normalized spacial score (nSPS) is 27.5. The number of thioether (sulfide) groups is 1. The first-order valence-corrected chi connectivity index (χ1v) is 4.15. The standard InChI is InChI=1S/C7H7N3S/c8-7-10-5-1-3-9-4-2-6(5)11-7/h1-4,7H,8H2. The maximum atomic E-state index is 5.60. The molecule has 0 fully saturated rings. The van der Waals surface area contributed by atoms with Gasteiger partial charge in [0.1, 0.15) is 5.50 Å². The van der Waals surface area contributed by atoms with E-state index in [1.54, 1.807) is 24.2 Å². The van der Waals surface area contributed by atoms with Crippen molar-refractivity contribution in [1.29, 1.82) is 0 Å². The van der Waals surface area contributed by atoms with Crippen LogP contribution in [-0.4, -0.2) is 17.4 Å². The SMILES string of the molecule is NC1N=C2C=CN=CC=C2S1. The minimum absolute atomic E-state index is 0.132. The Labute approximate surface area is 68.8 Å². The molecule has 56 valence electrons. The van der Waals surface area contributed by atoms with Crippen LogP contribution in [0.3, 0.4) is 0 Å². The molecule has 0 aromatic heterocycles. The number of hydrogen-bond acceptors (Lipinski definition) is 4. The Morgan fingerprint density at radius 3 is 3.36 bits per heavy atom. The van der Waals surface area contributed by atoms with Crippen LogP contribution in [0.4, 0.5) is 0 Å². The van der Waals surface area contributed by atoms with Crippen LogP contribution < -0.4 is 5.73 Å². The maximum Gasteiger partial charge on any atom is 0.149 e. The summed E-state index contributed by atoms with van der Waals surface area (Å²) in [6.45, 7) is 0. The van der Waals surface area contributed by atoms with Gasteiger partial charge in [0.15, 0.2) is 0 Å². The molecular formula is C7H7N3S. The fourth-order valence-electron chi connectivity index (χ4n) is 0.941. The fourth-order valence-corrected chi connectivity index (χ4v) is 1.75. The van der Waals surface area contributed by atoms with Gasteiger partial charge in [0.25, 0.3) is 0 Å². The Bertz CT molecular complexity index is 288. The van der Waals surface area contributed by atoms with Gasteiger partial charge in [0.05, 0.1) is 5.71 Å². The molecule has 0 saturated heterocycles. The average Bonchev–Trinajstić information content (AvgIpc) is 2.17. The first kappa shape index (κ1) is 6.82. The molecule has 0 aromatic carbocycles. The molecule has 0 bridgehead atoms. The molecule has 0 saturated carbocycles. The summed E-state index contributed by atoms with van der Waals surface area (Å²) in [6, 6.07) is 0. The lowest BCUT2D eigenvalue weighted by Crippen LogP contribution is -2.07. The number of nitrogens with two attached hydrogens (primary N) is 1. The van der Waals surface area contributed by atoms with E-state index in [-0.39, 0.29) is 5.50 Å². The molecule has 2 aliphatic rings. The van der Waals surface area contributed by atoms with Crippen molar-refractivity contribution in [2.24, 2.45) is 15.7 Å². The van der Waals surface area contributed by atoms with E-state index in [2.05, 4.69) is 9.98 Å². The number of fused-ring (bicyclic) bond motifs is 1. The highest BCUT2D eigenvalue weighted by molar-refractivity contribution is 8.05. The molecule has 1 atom stereocenters. The molecule has 0 spiro atoms. The highest BCUT2D eigenvalue weighted by Gasteiger charge is 2.18. The van der Waals surface area contributed by atoms with Gasteiger partial charge in [-0.15, -0.1) is 0 Å². The monoisotopic (exact) mass is 165 g/mol. The Morgan fingerprint density at radius 1 is 1.55 bits per heavy atom. The fraction of sp³-hybridized carbons (Fsp3) is 0.143. The summed E-state index contributed by atoms with van der Waals surface area (Å²) in [5.74, 6) is 0. The van der Waals surface area contributed by atoms with Crippen molar-refractivity contribution in [3.05, 3.63) is 23.3 Å². The minimum atomic E-state index is -0.132. The van der Waals surface area contributed by atoms with Crippen molar-refractivity contribution >= 4 is 23.7 Å². The van der Waals surface area contributed by atoms with Crippen LogP contribution >= 0.6 is 11.8 Å². The predicted octanol–water partition coefficient (Wildman–Crippen LogP) is 0.899. The Hall–Kier alpha value is -0.870. The van der Waals surface area contributed by atoms with Crippen LogP contribution in [0.25, 0.3) is 0 Å².